The smallest absolute Gasteiger partial charge is 0.405 e. The molecule has 0 unspecified atom stereocenters. The van der Waals surface area contributed by atoms with E-state index in [-0.39, 0.29) is 0 Å². The Balaban J connectivity index is 2.59. The normalized spacial score (nSPS) is 21.3. The molecular formula is C7H11NO4. The van der Waals surface area contributed by atoms with Crippen LogP contribution in [0.15, 0.2) is 0 Å². The number of aldehydes is 1. The minimum Gasteiger partial charge on any atom is -0.435 e. The predicted molar refractivity (Wildman–Crippen MR) is 39.5 cm³/mol. The highest BCUT2D eigenvalue weighted by Gasteiger charge is 2.35. The van der Waals surface area contributed by atoms with Crippen LogP contribution in [0.2, 0.25) is 0 Å². The summed E-state index contributed by atoms with van der Waals surface area (Å²) >= 11 is 0. The molecule has 5 nitrogen and oxygen atoms in total. The number of nitrogens with two attached hydrogens (primary N) is 1. The molecule has 1 rings (SSSR count). The van der Waals surface area contributed by atoms with Gasteiger partial charge in [-0.2, -0.15) is 0 Å². The lowest BCUT2D eigenvalue weighted by atomic mass is 9.96. The van der Waals surface area contributed by atoms with E-state index in [0.29, 0.717) is 32.3 Å². The number of hydrogen-bond acceptors (Lipinski definition) is 4. The summed E-state index contributed by atoms with van der Waals surface area (Å²) in [7, 11) is 0. The third kappa shape index (κ3) is 1.94. The molecule has 0 aromatic heterocycles. The Labute approximate surface area is 69.8 Å². The second-order valence-corrected chi connectivity index (χ2v) is 2.72. The van der Waals surface area contributed by atoms with Crippen molar-refractivity contribution in [3.8, 4) is 0 Å². The molecule has 0 spiro atoms. The van der Waals surface area contributed by atoms with E-state index in [0.717, 1.165) is 0 Å². The van der Waals surface area contributed by atoms with E-state index in [1.807, 2.05) is 0 Å². The van der Waals surface area contributed by atoms with Crippen LogP contribution in [0.4, 0.5) is 4.79 Å². The van der Waals surface area contributed by atoms with Crippen LogP contribution in [0, 0.1) is 0 Å². The fourth-order valence-corrected chi connectivity index (χ4v) is 1.16. The number of primary amides is 1. The first-order chi connectivity index (χ1) is 5.68. The minimum absolute atomic E-state index is 0.388. The predicted octanol–water partition coefficient (Wildman–Crippen LogP) is -0.170. The first kappa shape index (κ1) is 8.99. The van der Waals surface area contributed by atoms with Gasteiger partial charge in [0.2, 0.25) is 0 Å². The van der Waals surface area contributed by atoms with E-state index in [1.165, 1.54) is 0 Å². The van der Waals surface area contributed by atoms with Crippen molar-refractivity contribution in [3.05, 3.63) is 0 Å². The van der Waals surface area contributed by atoms with Gasteiger partial charge in [0.15, 0.2) is 11.9 Å². The van der Waals surface area contributed by atoms with Crippen LogP contribution in [-0.2, 0) is 14.3 Å². The summed E-state index contributed by atoms with van der Waals surface area (Å²) in [6.07, 6.45) is 0.489. The average molecular weight is 173 g/mol. The summed E-state index contributed by atoms with van der Waals surface area (Å²) in [4.78, 5) is 21.1. The summed E-state index contributed by atoms with van der Waals surface area (Å²) in [5, 5.41) is 0. The van der Waals surface area contributed by atoms with Gasteiger partial charge in [0.25, 0.3) is 0 Å². The lowest BCUT2D eigenvalue weighted by Gasteiger charge is -2.30. The Morgan fingerprint density at radius 1 is 1.50 bits per heavy atom. The largest absolute Gasteiger partial charge is 0.435 e. The fraction of sp³-hybridized carbons (Fsp3) is 0.714. The molecule has 0 bridgehead atoms. The molecular weight excluding hydrogens is 162 g/mol. The number of hydrogen-bond donors (Lipinski definition) is 1. The Kier molecular flexibility index (Phi) is 2.65. The number of carbonyl (C=O) groups is 2. The van der Waals surface area contributed by atoms with Crippen molar-refractivity contribution in [2.45, 2.75) is 18.4 Å². The van der Waals surface area contributed by atoms with Gasteiger partial charge in [-0.1, -0.05) is 0 Å². The molecule has 1 amide bonds. The zero-order chi connectivity index (χ0) is 9.03. The Morgan fingerprint density at radius 2 is 2.08 bits per heavy atom. The number of ether oxygens (including phenoxy) is 2. The molecule has 1 aliphatic rings. The van der Waals surface area contributed by atoms with Gasteiger partial charge in [-0.3, -0.25) is 4.79 Å². The molecule has 1 fully saturated rings. The molecule has 0 aliphatic carbocycles. The zero-order valence-corrected chi connectivity index (χ0v) is 6.62. The number of carbonyl (C=O) groups excluding carboxylic acids is 2. The first-order valence-corrected chi connectivity index (χ1v) is 3.71. The van der Waals surface area contributed by atoms with E-state index in [9.17, 15) is 9.59 Å². The van der Waals surface area contributed by atoms with Crippen LogP contribution in [0.25, 0.3) is 0 Å². The van der Waals surface area contributed by atoms with Crippen molar-refractivity contribution in [1.29, 1.82) is 0 Å². The average Bonchev–Trinajstić information content (AvgIpc) is 2.05. The highest BCUT2D eigenvalue weighted by molar-refractivity contribution is 5.72. The second kappa shape index (κ2) is 3.53. The maximum absolute atomic E-state index is 10.6. The number of rotatable bonds is 2. The monoisotopic (exact) mass is 173 g/mol. The summed E-state index contributed by atoms with van der Waals surface area (Å²) in [5.74, 6) is 0. The van der Waals surface area contributed by atoms with Gasteiger partial charge in [0.05, 0.1) is 13.2 Å². The summed E-state index contributed by atoms with van der Waals surface area (Å²) in [6.45, 7) is 0.845. The van der Waals surface area contributed by atoms with Gasteiger partial charge < -0.3 is 15.2 Å². The molecule has 0 atom stereocenters. The van der Waals surface area contributed by atoms with Gasteiger partial charge in [-0.15, -0.1) is 0 Å². The molecule has 2 N–H and O–H groups in total. The van der Waals surface area contributed by atoms with Crippen molar-refractivity contribution < 1.29 is 19.1 Å². The Morgan fingerprint density at radius 3 is 2.50 bits per heavy atom. The maximum Gasteiger partial charge on any atom is 0.405 e. The molecule has 68 valence electrons. The van der Waals surface area contributed by atoms with Crippen molar-refractivity contribution in [2.24, 2.45) is 5.73 Å². The molecule has 0 saturated carbocycles. The quantitative estimate of drug-likeness (QED) is 0.588. The van der Waals surface area contributed by atoms with E-state index >= 15 is 0 Å². The lowest BCUT2D eigenvalue weighted by Crippen LogP contribution is -2.43. The minimum atomic E-state index is -1.04. The van der Waals surface area contributed by atoms with Crippen LogP contribution in [0.5, 0.6) is 0 Å². The highest BCUT2D eigenvalue weighted by atomic mass is 16.6. The van der Waals surface area contributed by atoms with Crippen molar-refractivity contribution >= 4 is 12.4 Å². The van der Waals surface area contributed by atoms with Crippen molar-refractivity contribution in [2.75, 3.05) is 13.2 Å². The summed E-state index contributed by atoms with van der Waals surface area (Å²) < 4.78 is 9.74. The third-order valence-corrected chi connectivity index (χ3v) is 1.86. The Bertz CT molecular complexity index is 186. The van der Waals surface area contributed by atoms with Gasteiger partial charge in [0, 0.05) is 12.8 Å². The molecule has 0 aromatic carbocycles. The Hall–Kier alpha value is -1.10. The van der Waals surface area contributed by atoms with E-state index in [2.05, 4.69) is 0 Å². The van der Waals surface area contributed by atoms with E-state index in [4.69, 9.17) is 15.2 Å². The van der Waals surface area contributed by atoms with E-state index in [1.54, 1.807) is 0 Å². The highest BCUT2D eigenvalue weighted by Crippen LogP contribution is 2.22. The van der Waals surface area contributed by atoms with Crippen molar-refractivity contribution in [3.63, 3.8) is 0 Å². The topological polar surface area (TPSA) is 78.6 Å². The zero-order valence-electron chi connectivity index (χ0n) is 6.62. The standard InChI is InChI=1S/C7H11NO4/c8-6(10)12-7(5-9)1-3-11-4-2-7/h5H,1-4H2,(H2,8,10). The van der Waals surface area contributed by atoms with Crippen LogP contribution < -0.4 is 5.73 Å². The van der Waals surface area contributed by atoms with Crippen molar-refractivity contribution in [1.82, 2.24) is 0 Å². The third-order valence-electron chi connectivity index (χ3n) is 1.86. The molecule has 12 heavy (non-hydrogen) atoms. The van der Waals surface area contributed by atoms with Gasteiger partial charge in [-0.25, -0.2) is 4.79 Å². The number of amides is 1. The molecule has 0 aromatic rings. The van der Waals surface area contributed by atoms with Crippen LogP contribution >= 0.6 is 0 Å². The molecule has 0 radical (unpaired) electrons. The maximum atomic E-state index is 10.6. The molecule has 1 saturated heterocycles. The fourth-order valence-electron chi connectivity index (χ4n) is 1.16. The second-order valence-electron chi connectivity index (χ2n) is 2.72. The lowest BCUT2D eigenvalue weighted by molar-refractivity contribution is -0.133. The molecule has 1 heterocycles. The van der Waals surface area contributed by atoms with Crippen LogP contribution in [0.1, 0.15) is 12.8 Å². The van der Waals surface area contributed by atoms with E-state index < -0.39 is 11.7 Å². The van der Waals surface area contributed by atoms with Crippen LogP contribution in [0.3, 0.4) is 0 Å². The van der Waals surface area contributed by atoms with Gasteiger partial charge in [0.1, 0.15) is 0 Å². The van der Waals surface area contributed by atoms with Gasteiger partial charge >= 0.3 is 6.09 Å². The molecule has 5 heteroatoms. The summed E-state index contributed by atoms with van der Waals surface area (Å²) in [5.41, 5.74) is 3.79. The van der Waals surface area contributed by atoms with Gasteiger partial charge in [-0.05, 0) is 0 Å². The van der Waals surface area contributed by atoms with Crippen LogP contribution in [-0.4, -0.2) is 31.2 Å². The summed E-state index contributed by atoms with van der Waals surface area (Å²) in [6, 6.07) is 0. The molecule has 1 aliphatic heterocycles. The first-order valence-electron chi connectivity index (χ1n) is 3.71. The SMILES string of the molecule is NC(=O)OC1(C=O)CCOCC1.